The molecule has 4 rings (SSSR count). The number of nitrogens with one attached hydrogen (secondary N) is 1. The lowest BCUT2D eigenvalue weighted by Gasteiger charge is -2.25. The largest absolute Gasteiger partial charge is 0.495 e. The summed E-state index contributed by atoms with van der Waals surface area (Å²) >= 11 is 13.6. The van der Waals surface area contributed by atoms with E-state index in [2.05, 4.69) is 20.1 Å². The maximum Gasteiger partial charge on any atom is 0.234 e. The van der Waals surface area contributed by atoms with E-state index in [4.69, 9.17) is 32.7 Å². The lowest BCUT2D eigenvalue weighted by atomic mass is 9.95. The van der Waals surface area contributed by atoms with Crippen molar-refractivity contribution in [2.24, 2.45) is 0 Å². The van der Waals surface area contributed by atoms with E-state index in [1.54, 1.807) is 25.3 Å². The number of halogens is 2. The molecule has 0 bridgehead atoms. The summed E-state index contributed by atoms with van der Waals surface area (Å²) in [7, 11) is 1.55. The van der Waals surface area contributed by atoms with Gasteiger partial charge in [-0.05, 0) is 61.7 Å². The Morgan fingerprint density at radius 1 is 1.14 bits per heavy atom. The molecule has 1 amide bonds. The second-order valence-corrected chi connectivity index (χ2v) is 10.2. The lowest BCUT2D eigenvalue weighted by Crippen LogP contribution is -2.19. The number of ether oxygens (including phenoxy) is 2. The van der Waals surface area contributed by atoms with Crippen LogP contribution in [-0.4, -0.2) is 33.5 Å². The minimum atomic E-state index is -0.178. The number of hydrogen-bond donors (Lipinski definition) is 1. The number of benzene rings is 2. The number of rotatable bonds is 9. The van der Waals surface area contributed by atoms with Gasteiger partial charge in [-0.2, -0.15) is 0 Å². The Morgan fingerprint density at radius 3 is 2.69 bits per heavy atom. The van der Waals surface area contributed by atoms with Gasteiger partial charge in [-0.15, -0.1) is 10.2 Å². The van der Waals surface area contributed by atoms with Crippen LogP contribution < -0.4 is 14.8 Å². The fraction of sp³-hybridized carbons (Fsp3) is 0.400. The molecule has 0 radical (unpaired) electrons. The molecular formula is C25H28Cl2N4O3S. The number of carbonyl (C=O) groups excluding carboxylic acids is 1. The van der Waals surface area contributed by atoms with E-state index < -0.39 is 0 Å². The van der Waals surface area contributed by atoms with Crippen LogP contribution in [0.15, 0.2) is 41.6 Å². The second-order valence-electron chi connectivity index (χ2n) is 8.44. The Bertz CT molecular complexity index is 1180. The molecule has 1 aliphatic carbocycles. The van der Waals surface area contributed by atoms with Gasteiger partial charge in [0.1, 0.15) is 18.1 Å². The number of amides is 1. The normalized spacial score (nSPS) is 14.1. The molecule has 0 saturated heterocycles. The molecule has 1 fully saturated rings. The van der Waals surface area contributed by atoms with Gasteiger partial charge in [0.15, 0.2) is 11.0 Å². The summed E-state index contributed by atoms with van der Waals surface area (Å²) in [6, 6.07) is 11.0. The Hall–Kier alpha value is -2.42. The van der Waals surface area contributed by atoms with Crippen molar-refractivity contribution < 1.29 is 14.3 Å². The highest BCUT2D eigenvalue weighted by atomic mass is 35.5. The summed E-state index contributed by atoms with van der Waals surface area (Å²) in [4.78, 5) is 12.7. The van der Waals surface area contributed by atoms with E-state index in [1.807, 2.05) is 25.1 Å². The molecule has 1 saturated carbocycles. The molecule has 0 spiro atoms. The van der Waals surface area contributed by atoms with Gasteiger partial charge in [0.2, 0.25) is 5.91 Å². The Labute approximate surface area is 219 Å². The average Bonchev–Trinajstić information content (AvgIpc) is 3.27. The smallest absolute Gasteiger partial charge is 0.234 e. The first-order valence-corrected chi connectivity index (χ1v) is 13.3. The van der Waals surface area contributed by atoms with Gasteiger partial charge in [0, 0.05) is 16.1 Å². The van der Waals surface area contributed by atoms with Crippen LogP contribution in [0.1, 0.15) is 49.5 Å². The molecule has 1 aliphatic rings. The summed E-state index contributed by atoms with van der Waals surface area (Å²) < 4.78 is 13.5. The zero-order chi connectivity index (χ0) is 24.8. The number of aromatic nitrogens is 3. The monoisotopic (exact) mass is 534 g/mol. The quantitative estimate of drug-likeness (QED) is 0.307. The predicted octanol–water partition coefficient (Wildman–Crippen LogP) is 6.72. The molecule has 0 atom stereocenters. The number of anilines is 1. The highest BCUT2D eigenvalue weighted by Crippen LogP contribution is 2.34. The molecule has 0 aliphatic heterocycles. The third-order valence-corrected chi connectivity index (χ3v) is 7.54. The fourth-order valence-corrected chi connectivity index (χ4v) is 5.27. The van der Waals surface area contributed by atoms with E-state index in [1.165, 1.54) is 31.0 Å². The van der Waals surface area contributed by atoms with Crippen LogP contribution in [0.4, 0.5) is 5.69 Å². The first-order chi connectivity index (χ1) is 16.9. The minimum Gasteiger partial charge on any atom is -0.495 e. The third kappa shape index (κ3) is 6.63. The van der Waals surface area contributed by atoms with E-state index in [-0.39, 0.29) is 18.3 Å². The molecule has 186 valence electrons. The first kappa shape index (κ1) is 25.7. The van der Waals surface area contributed by atoms with Crippen LogP contribution in [0.2, 0.25) is 10.0 Å². The van der Waals surface area contributed by atoms with Gasteiger partial charge < -0.3 is 14.8 Å². The number of aryl methyl sites for hydroxylation is 1. The molecule has 1 heterocycles. The highest BCUT2D eigenvalue weighted by molar-refractivity contribution is 7.99. The van der Waals surface area contributed by atoms with Gasteiger partial charge in [-0.3, -0.25) is 9.36 Å². The number of thioether (sulfide) groups is 1. The number of carbonyl (C=O) groups is 1. The van der Waals surface area contributed by atoms with Crippen molar-refractivity contribution in [2.75, 3.05) is 18.2 Å². The second kappa shape index (κ2) is 12.0. The van der Waals surface area contributed by atoms with Gasteiger partial charge in [0.25, 0.3) is 0 Å². The van der Waals surface area contributed by atoms with Crippen molar-refractivity contribution in [1.29, 1.82) is 0 Å². The standard InChI is InChI=1S/C25H28Cl2N4O3S/c1-16-12-19(9-10-20(16)27)34-14-23-29-30-25(31(23)18-6-4-3-5-7-18)35-15-24(32)28-21-13-17(26)8-11-22(21)33-2/h8-13,18H,3-7,14-15H2,1-2H3,(H,28,32). The molecule has 2 aromatic carbocycles. The minimum absolute atomic E-state index is 0.178. The summed E-state index contributed by atoms with van der Waals surface area (Å²) in [5.74, 6) is 2.04. The zero-order valence-electron chi connectivity index (χ0n) is 19.7. The van der Waals surface area contributed by atoms with Crippen molar-refractivity contribution in [3.8, 4) is 11.5 Å². The maximum atomic E-state index is 12.7. The molecular weight excluding hydrogens is 507 g/mol. The Morgan fingerprint density at radius 2 is 1.94 bits per heavy atom. The van der Waals surface area contributed by atoms with Crippen LogP contribution in [0.3, 0.4) is 0 Å². The van der Waals surface area contributed by atoms with Crippen molar-refractivity contribution in [2.45, 2.75) is 56.8 Å². The number of hydrogen-bond acceptors (Lipinski definition) is 6. The third-order valence-electron chi connectivity index (χ3n) is 5.94. The van der Waals surface area contributed by atoms with Gasteiger partial charge in [-0.25, -0.2) is 0 Å². The van der Waals surface area contributed by atoms with E-state index in [9.17, 15) is 4.79 Å². The Balaban J connectivity index is 1.46. The van der Waals surface area contributed by atoms with Crippen LogP contribution >= 0.6 is 35.0 Å². The van der Waals surface area contributed by atoms with Gasteiger partial charge in [0.05, 0.1) is 18.6 Å². The molecule has 10 heteroatoms. The highest BCUT2D eigenvalue weighted by Gasteiger charge is 2.24. The molecule has 35 heavy (non-hydrogen) atoms. The van der Waals surface area contributed by atoms with Crippen molar-refractivity contribution >= 4 is 46.6 Å². The summed E-state index contributed by atoms with van der Waals surface area (Å²) in [5, 5.41) is 13.6. The van der Waals surface area contributed by atoms with E-state index >= 15 is 0 Å². The van der Waals surface area contributed by atoms with Gasteiger partial charge in [-0.1, -0.05) is 54.2 Å². The fourth-order valence-electron chi connectivity index (χ4n) is 4.16. The zero-order valence-corrected chi connectivity index (χ0v) is 22.1. The lowest BCUT2D eigenvalue weighted by molar-refractivity contribution is -0.113. The topological polar surface area (TPSA) is 78.3 Å². The first-order valence-electron chi connectivity index (χ1n) is 11.5. The van der Waals surface area contributed by atoms with Crippen LogP contribution in [-0.2, 0) is 11.4 Å². The molecule has 7 nitrogen and oxygen atoms in total. The number of nitrogens with zero attached hydrogens (tertiary/aromatic N) is 3. The molecule has 1 N–H and O–H groups in total. The van der Waals surface area contributed by atoms with Crippen molar-refractivity contribution in [3.63, 3.8) is 0 Å². The summed E-state index contributed by atoms with van der Waals surface area (Å²) in [5.41, 5.74) is 1.49. The van der Waals surface area contributed by atoms with Crippen LogP contribution in [0.25, 0.3) is 0 Å². The molecule has 0 unspecified atom stereocenters. The van der Waals surface area contributed by atoms with Gasteiger partial charge >= 0.3 is 0 Å². The predicted molar refractivity (Wildman–Crippen MR) is 140 cm³/mol. The molecule has 3 aromatic rings. The SMILES string of the molecule is COc1ccc(Cl)cc1NC(=O)CSc1nnc(COc2ccc(Cl)c(C)c2)n1C1CCCCC1. The number of methoxy groups -OCH3 is 1. The van der Waals surface area contributed by atoms with Crippen LogP contribution in [0, 0.1) is 6.92 Å². The molecule has 1 aromatic heterocycles. The van der Waals surface area contributed by atoms with E-state index in [0.29, 0.717) is 27.5 Å². The Kier molecular flexibility index (Phi) is 8.81. The average molecular weight is 535 g/mol. The van der Waals surface area contributed by atoms with E-state index in [0.717, 1.165) is 35.1 Å². The van der Waals surface area contributed by atoms with Crippen molar-refractivity contribution in [1.82, 2.24) is 14.8 Å². The maximum absolute atomic E-state index is 12.7. The van der Waals surface area contributed by atoms with Crippen molar-refractivity contribution in [3.05, 3.63) is 57.8 Å². The summed E-state index contributed by atoms with van der Waals surface area (Å²) in [6.07, 6.45) is 5.69. The van der Waals surface area contributed by atoms with Crippen LogP contribution in [0.5, 0.6) is 11.5 Å². The summed E-state index contributed by atoms with van der Waals surface area (Å²) in [6.45, 7) is 2.23.